The Labute approximate surface area is 155 Å². The molecule has 2 aromatic carbocycles. The van der Waals surface area contributed by atoms with Crippen LogP contribution >= 0.6 is 0 Å². The SMILES string of the molecule is CCOCc1ccc(CNC(=O)N(C)C(C)c2ccccc2OC)cc1. The third kappa shape index (κ3) is 5.23. The summed E-state index contributed by atoms with van der Waals surface area (Å²) in [6.45, 7) is 5.76. The molecule has 1 N–H and O–H groups in total. The Morgan fingerprint density at radius 1 is 1.12 bits per heavy atom. The molecule has 1 unspecified atom stereocenters. The van der Waals surface area contributed by atoms with Gasteiger partial charge >= 0.3 is 6.03 Å². The monoisotopic (exact) mass is 356 g/mol. The van der Waals surface area contributed by atoms with Crippen LogP contribution in [0.2, 0.25) is 0 Å². The van der Waals surface area contributed by atoms with Gasteiger partial charge in [-0.3, -0.25) is 0 Å². The van der Waals surface area contributed by atoms with Crippen LogP contribution in [0.4, 0.5) is 4.79 Å². The number of urea groups is 1. The Hall–Kier alpha value is -2.53. The van der Waals surface area contributed by atoms with Crippen LogP contribution in [-0.2, 0) is 17.9 Å². The van der Waals surface area contributed by atoms with E-state index < -0.39 is 0 Å². The second-order valence-corrected chi connectivity index (χ2v) is 6.14. The van der Waals surface area contributed by atoms with Crippen LogP contribution in [0.1, 0.15) is 36.6 Å². The van der Waals surface area contributed by atoms with Gasteiger partial charge in [-0.2, -0.15) is 0 Å². The minimum absolute atomic E-state index is 0.0975. The smallest absolute Gasteiger partial charge is 0.317 e. The average Bonchev–Trinajstić information content (AvgIpc) is 2.70. The zero-order valence-corrected chi connectivity index (χ0v) is 16.0. The van der Waals surface area contributed by atoms with E-state index in [-0.39, 0.29) is 12.1 Å². The molecule has 0 saturated heterocycles. The maximum atomic E-state index is 12.5. The van der Waals surface area contributed by atoms with Crippen molar-refractivity contribution in [3.05, 3.63) is 65.2 Å². The molecule has 5 nitrogen and oxygen atoms in total. The Bertz CT molecular complexity index is 701. The van der Waals surface area contributed by atoms with E-state index in [0.29, 0.717) is 19.8 Å². The summed E-state index contributed by atoms with van der Waals surface area (Å²) in [6, 6.07) is 15.6. The minimum Gasteiger partial charge on any atom is -0.496 e. The van der Waals surface area contributed by atoms with Gasteiger partial charge in [-0.25, -0.2) is 4.79 Å². The number of ether oxygens (including phenoxy) is 2. The molecule has 0 aliphatic heterocycles. The fourth-order valence-electron chi connectivity index (χ4n) is 2.67. The van der Waals surface area contributed by atoms with Gasteiger partial charge in [0.25, 0.3) is 0 Å². The quantitative estimate of drug-likeness (QED) is 0.773. The van der Waals surface area contributed by atoms with Gasteiger partial charge in [-0.15, -0.1) is 0 Å². The van der Waals surface area contributed by atoms with E-state index in [1.165, 1.54) is 0 Å². The van der Waals surface area contributed by atoms with Crippen LogP contribution in [0.3, 0.4) is 0 Å². The number of benzene rings is 2. The van der Waals surface area contributed by atoms with Crippen LogP contribution < -0.4 is 10.1 Å². The average molecular weight is 356 g/mol. The highest BCUT2D eigenvalue weighted by molar-refractivity contribution is 5.74. The molecule has 0 aromatic heterocycles. The third-order valence-electron chi connectivity index (χ3n) is 4.43. The highest BCUT2D eigenvalue weighted by Crippen LogP contribution is 2.28. The molecule has 140 valence electrons. The lowest BCUT2D eigenvalue weighted by Crippen LogP contribution is -2.38. The Morgan fingerprint density at radius 2 is 1.77 bits per heavy atom. The van der Waals surface area contributed by atoms with E-state index in [1.807, 2.05) is 62.4 Å². The molecular formula is C21H28N2O3. The van der Waals surface area contributed by atoms with E-state index in [9.17, 15) is 4.79 Å². The maximum Gasteiger partial charge on any atom is 0.317 e. The standard InChI is InChI=1S/C21H28N2O3/c1-5-26-15-18-12-10-17(11-13-18)14-22-21(24)23(3)16(2)19-8-6-7-9-20(19)25-4/h6-13,16H,5,14-15H2,1-4H3,(H,22,24). The second-order valence-electron chi connectivity index (χ2n) is 6.14. The van der Waals surface area contributed by atoms with Crippen LogP contribution in [0, 0.1) is 0 Å². The fraction of sp³-hybridized carbons (Fsp3) is 0.381. The topological polar surface area (TPSA) is 50.8 Å². The molecule has 5 heteroatoms. The van der Waals surface area contributed by atoms with Crippen molar-refractivity contribution in [2.24, 2.45) is 0 Å². The lowest BCUT2D eigenvalue weighted by atomic mass is 10.1. The number of para-hydroxylation sites is 1. The molecule has 2 rings (SSSR count). The van der Waals surface area contributed by atoms with Crippen molar-refractivity contribution < 1.29 is 14.3 Å². The Balaban J connectivity index is 1.92. The van der Waals surface area contributed by atoms with E-state index in [2.05, 4.69) is 5.32 Å². The van der Waals surface area contributed by atoms with Gasteiger partial charge in [0.15, 0.2) is 0 Å². The van der Waals surface area contributed by atoms with Crippen molar-refractivity contribution in [3.63, 3.8) is 0 Å². The predicted octanol–water partition coefficient (Wildman–Crippen LogP) is 4.13. The second kappa shape index (κ2) is 9.82. The summed E-state index contributed by atoms with van der Waals surface area (Å²) in [7, 11) is 3.43. The van der Waals surface area contributed by atoms with Crippen molar-refractivity contribution in [1.29, 1.82) is 0 Å². The lowest BCUT2D eigenvalue weighted by Gasteiger charge is -2.26. The first-order valence-electron chi connectivity index (χ1n) is 8.86. The van der Waals surface area contributed by atoms with Gasteiger partial charge in [0.1, 0.15) is 5.75 Å². The third-order valence-corrected chi connectivity index (χ3v) is 4.43. The van der Waals surface area contributed by atoms with Gasteiger partial charge in [0.05, 0.1) is 19.8 Å². The highest BCUT2D eigenvalue weighted by atomic mass is 16.5. The number of carbonyl (C=O) groups is 1. The molecule has 0 aliphatic rings. The molecule has 0 spiro atoms. The summed E-state index contributed by atoms with van der Waals surface area (Å²) in [5.74, 6) is 0.782. The Morgan fingerprint density at radius 3 is 2.42 bits per heavy atom. The van der Waals surface area contributed by atoms with Gasteiger partial charge in [0, 0.05) is 25.8 Å². The summed E-state index contributed by atoms with van der Waals surface area (Å²) < 4.78 is 10.8. The zero-order valence-electron chi connectivity index (χ0n) is 16.0. The van der Waals surface area contributed by atoms with Crippen molar-refractivity contribution in [1.82, 2.24) is 10.2 Å². The van der Waals surface area contributed by atoms with E-state index >= 15 is 0 Å². The summed E-state index contributed by atoms with van der Waals surface area (Å²) in [5, 5.41) is 2.96. The number of carbonyl (C=O) groups excluding carboxylic acids is 1. The summed E-state index contributed by atoms with van der Waals surface area (Å²) in [4.78, 5) is 14.2. The van der Waals surface area contributed by atoms with Crippen LogP contribution in [-0.4, -0.2) is 31.7 Å². The molecule has 26 heavy (non-hydrogen) atoms. The summed E-state index contributed by atoms with van der Waals surface area (Å²) in [6.07, 6.45) is 0. The molecule has 2 amide bonds. The molecule has 0 saturated carbocycles. The van der Waals surface area contributed by atoms with Gasteiger partial charge in [-0.1, -0.05) is 42.5 Å². The molecule has 0 heterocycles. The number of nitrogens with zero attached hydrogens (tertiary/aromatic N) is 1. The van der Waals surface area contributed by atoms with E-state index in [0.717, 1.165) is 22.4 Å². The van der Waals surface area contributed by atoms with Crippen molar-refractivity contribution in [3.8, 4) is 5.75 Å². The van der Waals surface area contributed by atoms with E-state index in [1.54, 1.807) is 19.1 Å². The van der Waals surface area contributed by atoms with Crippen LogP contribution in [0.5, 0.6) is 5.75 Å². The number of rotatable bonds is 8. The number of amides is 2. The molecular weight excluding hydrogens is 328 g/mol. The number of hydrogen-bond donors (Lipinski definition) is 1. The predicted molar refractivity (Wildman–Crippen MR) is 103 cm³/mol. The first-order valence-corrected chi connectivity index (χ1v) is 8.86. The minimum atomic E-state index is -0.123. The summed E-state index contributed by atoms with van der Waals surface area (Å²) in [5.41, 5.74) is 3.16. The largest absolute Gasteiger partial charge is 0.496 e. The highest BCUT2D eigenvalue weighted by Gasteiger charge is 2.19. The summed E-state index contributed by atoms with van der Waals surface area (Å²) >= 11 is 0. The first-order chi connectivity index (χ1) is 12.6. The Kier molecular flexibility index (Phi) is 7.48. The van der Waals surface area contributed by atoms with Crippen LogP contribution in [0.15, 0.2) is 48.5 Å². The van der Waals surface area contributed by atoms with Crippen molar-refractivity contribution in [2.45, 2.75) is 33.0 Å². The zero-order chi connectivity index (χ0) is 18.9. The number of nitrogens with one attached hydrogen (secondary N) is 1. The van der Waals surface area contributed by atoms with E-state index in [4.69, 9.17) is 9.47 Å². The number of methoxy groups -OCH3 is 1. The molecule has 0 radical (unpaired) electrons. The van der Waals surface area contributed by atoms with Gasteiger partial charge < -0.3 is 19.7 Å². The fourth-order valence-corrected chi connectivity index (χ4v) is 2.67. The molecule has 1 atom stereocenters. The molecule has 0 bridgehead atoms. The lowest BCUT2D eigenvalue weighted by molar-refractivity contribution is 0.134. The maximum absolute atomic E-state index is 12.5. The van der Waals surface area contributed by atoms with Gasteiger partial charge in [-0.05, 0) is 31.0 Å². The number of hydrogen-bond acceptors (Lipinski definition) is 3. The first kappa shape index (κ1) is 19.8. The van der Waals surface area contributed by atoms with Crippen molar-refractivity contribution >= 4 is 6.03 Å². The van der Waals surface area contributed by atoms with Crippen molar-refractivity contribution in [2.75, 3.05) is 20.8 Å². The normalized spacial score (nSPS) is 11.7. The van der Waals surface area contributed by atoms with Crippen LogP contribution in [0.25, 0.3) is 0 Å². The molecule has 2 aromatic rings. The molecule has 0 aliphatic carbocycles. The molecule has 0 fully saturated rings. The van der Waals surface area contributed by atoms with Gasteiger partial charge in [0.2, 0.25) is 0 Å².